The third-order valence-electron chi connectivity index (χ3n) is 4.13. The highest BCUT2D eigenvalue weighted by Gasteiger charge is 2.25. The molecule has 0 spiro atoms. The molecule has 1 heterocycles. The molecule has 0 saturated carbocycles. The Balaban J connectivity index is 0.00000312. The summed E-state index contributed by atoms with van der Waals surface area (Å²) < 4.78 is 30.8. The molecule has 1 N–H and O–H groups in total. The summed E-state index contributed by atoms with van der Waals surface area (Å²) in [4.78, 5) is 13.4. The maximum Gasteiger partial charge on any atom is 0.307 e. The van der Waals surface area contributed by atoms with Gasteiger partial charge in [0.05, 0.1) is 10.8 Å². The summed E-state index contributed by atoms with van der Waals surface area (Å²) >= 11 is 0. The molecule has 9 heteroatoms. The van der Waals surface area contributed by atoms with Crippen LogP contribution < -0.4 is 4.74 Å². The second-order valence-corrected chi connectivity index (χ2v) is 8.24. The lowest BCUT2D eigenvalue weighted by atomic mass is 9.98. The van der Waals surface area contributed by atoms with Crippen LogP contribution in [-0.4, -0.2) is 69.0 Å². The largest absolute Gasteiger partial charge is 0.492 e. The molecule has 1 atom stereocenters. The summed E-state index contributed by atoms with van der Waals surface area (Å²) in [6.45, 7) is 2.53. The van der Waals surface area contributed by atoms with Crippen LogP contribution in [-0.2, 0) is 14.8 Å². The van der Waals surface area contributed by atoms with Gasteiger partial charge in [0.2, 0.25) is 10.0 Å². The fraction of sp³-hybridized carbons (Fsp3) is 0.562. The van der Waals surface area contributed by atoms with Crippen LogP contribution in [0.1, 0.15) is 12.8 Å². The van der Waals surface area contributed by atoms with E-state index >= 15 is 0 Å². The van der Waals surface area contributed by atoms with Gasteiger partial charge in [-0.1, -0.05) is 0 Å². The lowest BCUT2D eigenvalue weighted by molar-refractivity contribution is -0.143. The third kappa shape index (κ3) is 5.85. The van der Waals surface area contributed by atoms with Crippen LogP contribution in [0, 0.1) is 5.92 Å². The molecule has 25 heavy (non-hydrogen) atoms. The number of rotatable bonds is 7. The summed E-state index contributed by atoms with van der Waals surface area (Å²) in [7, 11) is -0.454. The molecule has 0 bridgehead atoms. The summed E-state index contributed by atoms with van der Waals surface area (Å²) in [5, 5.41) is 9.08. The highest BCUT2D eigenvalue weighted by molar-refractivity contribution is 7.89. The van der Waals surface area contributed by atoms with E-state index in [-0.39, 0.29) is 23.2 Å². The molecule has 1 aliphatic rings. The topological polar surface area (TPSA) is 87.2 Å². The van der Waals surface area contributed by atoms with E-state index in [1.807, 2.05) is 0 Å². The Morgan fingerprint density at radius 2 is 1.96 bits per heavy atom. The number of piperidine rings is 1. The minimum Gasteiger partial charge on any atom is -0.492 e. The normalized spacial score (nSPS) is 18.6. The van der Waals surface area contributed by atoms with Gasteiger partial charge in [-0.2, -0.15) is 0 Å². The van der Waals surface area contributed by atoms with Crippen molar-refractivity contribution in [2.24, 2.45) is 5.92 Å². The van der Waals surface area contributed by atoms with Gasteiger partial charge in [0.25, 0.3) is 0 Å². The van der Waals surface area contributed by atoms with Gasteiger partial charge in [0.15, 0.2) is 0 Å². The number of halogens is 1. The second-order valence-electron chi connectivity index (χ2n) is 6.09. The average molecular weight is 393 g/mol. The van der Waals surface area contributed by atoms with Crippen molar-refractivity contribution in [1.29, 1.82) is 0 Å². The standard InChI is InChI=1S/C16H24N2O5S.ClH/c1-17(2)24(21,22)15-7-5-14(6-8-15)23-11-10-18-9-3-4-13(12-18)16(19)20;/h5-8,13H,3-4,9-12H2,1-2H3,(H,19,20);1H. The summed E-state index contributed by atoms with van der Waals surface area (Å²) in [6.07, 6.45) is 1.61. The molecule has 0 amide bonds. The Morgan fingerprint density at radius 3 is 2.52 bits per heavy atom. The van der Waals surface area contributed by atoms with Crippen molar-refractivity contribution in [3.05, 3.63) is 24.3 Å². The zero-order valence-corrected chi connectivity index (χ0v) is 16.1. The Bertz CT molecular complexity index is 664. The van der Waals surface area contributed by atoms with Gasteiger partial charge < -0.3 is 9.84 Å². The van der Waals surface area contributed by atoms with Gasteiger partial charge in [-0.05, 0) is 43.7 Å². The van der Waals surface area contributed by atoms with Crippen LogP contribution in [0.2, 0.25) is 0 Å². The number of hydrogen-bond donors (Lipinski definition) is 1. The second kappa shape index (κ2) is 9.38. The molecule has 142 valence electrons. The smallest absolute Gasteiger partial charge is 0.307 e. The zero-order chi connectivity index (χ0) is 17.7. The number of aliphatic carboxylic acids is 1. The molecule has 1 aromatic carbocycles. The molecular formula is C16H25ClN2O5S. The maximum absolute atomic E-state index is 12.0. The number of likely N-dealkylation sites (tertiary alicyclic amines) is 1. The minimum atomic E-state index is -3.43. The van der Waals surface area contributed by atoms with E-state index in [1.54, 1.807) is 12.1 Å². The van der Waals surface area contributed by atoms with Crippen molar-refractivity contribution in [3.8, 4) is 5.75 Å². The Labute approximate surface area is 155 Å². The van der Waals surface area contributed by atoms with Crippen molar-refractivity contribution in [1.82, 2.24) is 9.21 Å². The Morgan fingerprint density at radius 1 is 1.32 bits per heavy atom. The van der Waals surface area contributed by atoms with Crippen LogP contribution in [0.25, 0.3) is 0 Å². The number of ether oxygens (including phenoxy) is 1. The quantitative estimate of drug-likeness (QED) is 0.757. The Kier molecular flexibility index (Phi) is 8.14. The molecule has 1 saturated heterocycles. The van der Waals surface area contributed by atoms with Crippen LogP contribution in [0.15, 0.2) is 29.2 Å². The van der Waals surface area contributed by atoms with Gasteiger partial charge in [-0.3, -0.25) is 9.69 Å². The number of nitrogens with zero attached hydrogens (tertiary/aromatic N) is 2. The molecule has 1 aliphatic heterocycles. The third-order valence-corrected chi connectivity index (χ3v) is 5.96. The predicted octanol–water partition coefficient (Wildman–Crippen LogP) is 1.53. The molecule has 0 radical (unpaired) electrons. The van der Waals surface area contributed by atoms with E-state index < -0.39 is 16.0 Å². The maximum atomic E-state index is 12.0. The van der Waals surface area contributed by atoms with Gasteiger partial charge in [0, 0.05) is 27.2 Å². The van der Waals surface area contributed by atoms with Crippen LogP contribution in [0.3, 0.4) is 0 Å². The summed E-state index contributed by atoms with van der Waals surface area (Å²) in [5.74, 6) is -0.438. The molecular weight excluding hydrogens is 368 g/mol. The highest BCUT2D eigenvalue weighted by Crippen LogP contribution is 2.19. The highest BCUT2D eigenvalue weighted by atomic mass is 35.5. The summed E-state index contributed by atoms with van der Waals surface area (Å²) in [5.41, 5.74) is 0. The SMILES string of the molecule is CN(C)S(=O)(=O)c1ccc(OCCN2CCCC(C(=O)O)C2)cc1.Cl. The number of hydrogen-bond acceptors (Lipinski definition) is 5. The van der Waals surface area contributed by atoms with E-state index in [0.717, 1.165) is 23.7 Å². The van der Waals surface area contributed by atoms with Crippen molar-refractivity contribution in [3.63, 3.8) is 0 Å². The first kappa shape index (κ1) is 21.7. The van der Waals surface area contributed by atoms with Gasteiger partial charge in [0.1, 0.15) is 12.4 Å². The Hall–Kier alpha value is -1.35. The number of carboxylic acids is 1. The summed E-state index contributed by atoms with van der Waals surface area (Å²) in [6, 6.07) is 6.30. The monoisotopic (exact) mass is 392 g/mol. The first-order valence-corrected chi connectivity index (χ1v) is 9.35. The van der Waals surface area contributed by atoms with Gasteiger partial charge >= 0.3 is 5.97 Å². The first-order chi connectivity index (χ1) is 11.3. The van der Waals surface area contributed by atoms with E-state index in [9.17, 15) is 13.2 Å². The number of carboxylic acid groups (broad SMARTS) is 1. The van der Waals surface area contributed by atoms with E-state index in [0.29, 0.717) is 25.4 Å². The molecule has 7 nitrogen and oxygen atoms in total. The zero-order valence-electron chi connectivity index (χ0n) is 14.4. The number of benzene rings is 1. The molecule has 2 rings (SSSR count). The van der Waals surface area contributed by atoms with Crippen molar-refractivity contribution in [2.75, 3.05) is 40.3 Å². The lowest BCUT2D eigenvalue weighted by Crippen LogP contribution is -2.40. The van der Waals surface area contributed by atoms with E-state index in [2.05, 4.69) is 4.90 Å². The van der Waals surface area contributed by atoms with E-state index in [1.165, 1.54) is 26.2 Å². The van der Waals surface area contributed by atoms with Crippen molar-refractivity contribution < 1.29 is 23.1 Å². The van der Waals surface area contributed by atoms with Gasteiger partial charge in [-0.15, -0.1) is 12.4 Å². The first-order valence-electron chi connectivity index (χ1n) is 7.91. The fourth-order valence-electron chi connectivity index (χ4n) is 2.67. The van der Waals surface area contributed by atoms with Crippen LogP contribution in [0.5, 0.6) is 5.75 Å². The lowest BCUT2D eigenvalue weighted by Gasteiger charge is -2.30. The van der Waals surface area contributed by atoms with Crippen LogP contribution in [0.4, 0.5) is 0 Å². The average Bonchev–Trinajstić information content (AvgIpc) is 2.55. The molecule has 1 aromatic rings. The minimum absolute atomic E-state index is 0. The molecule has 0 aliphatic carbocycles. The van der Waals surface area contributed by atoms with Crippen LogP contribution >= 0.6 is 12.4 Å². The number of sulfonamides is 1. The molecule has 0 aromatic heterocycles. The van der Waals surface area contributed by atoms with Gasteiger partial charge in [-0.25, -0.2) is 12.7 Å². The molecule has 1 unspecified atom stereocenters. The van der Waals surface area contributed by atoms with Crippen molar-refractivity contribution >= 4 is 28.4 Å². The van der Waals surface area contributed by atoms with Crippen molar-refractivity contribution in [2.45, 2.75) is 17.7 Å². The number of carbonyl (C=O) groups is 1. The fourth-order valence-corrected chi connectivity index (χ4v) is 3.57. The van der Waals surface area contributed by atoms with E-state index in [4.69, 9.17) is 9.84 Å². The molecule has 1 fully saturated rings. The predicted molar refractivity (Wildman–Crippen MR) is 96.9 cm³/mol.